The summed E-state index contributed by atoms with van der Waals surface area (Å²) in [5.41, 5.74) is 4.66. The maximum atomic E-state index is 11.8. The maximum Gasteiger partial charge on any atom is 0.410 e. The molecule has 5 heteroatoms. The van der Waals surface area contributed by atoms with Crippen molar-refractivity contribution in [2.75, 3.05) is 13.1 Å². The number of carbonyl (C=O) groups excluding carboxylic acids is 1. The predicted molar refractivity (Wildman–Crippen MR) is 61.0 cm³/mol. The lowest BCUT2D eigenvalue weighted by molar-refractivity contribution is -0.0135. The highest BCUT2D eigenvalue weighted by molar-refractivity contribution is 5.68. The molecule has 0 radical (unpaired) electrons. The Labute approximate surface area is 96.6 Å². The Balaban J connectivity index is 2.60. The van der Waals surface area contributed by atoms with Gasteiger partial charge in [0.1, 0.15) is 5.60 Å². The van der Waals surface area contributed by atoms with E-state index in [0.717, 1.165) is 0 Å². The second kappa shape index (κ2) is 4.22. The van der Waals surface area contributed by atoms with Crippen LogP contribution in [-0.2, 0) is 4.74 Å². The minimum atomic E-state index is -0.755. The average molecular weight is 230 g/mol. The van der Waals surface area contributed by atoms with Gasteiger partial charge in [-0.3, -0.25) is 0 Å². The normalized spacial score (nSPS) is 31.4. The summed E-state index contributed by atoms with van der Waals surface area (Å²) in [6.07, 6.45) is -0.436. The van der Waals surface area contributed by atoms with E-state index in [1.807, 2.05) is 20.8 Å². The van der Waals surface area contributed by atoms with E-state index in [0.29, 0.717) is 19.5 Å². The lowest BCUT2D eigenvalue weighted by atomic mass is 9.89. The molecule has 94 valence electrons. The molecule has 0 aromatic rings. The van der Waals surface area contributed by atoms with Crippen LogP contribution < -0.4 is 5.73 Å². The molecular weight excluding hydrogens is 208 g/mol. The van der Waals surface area contributed by atoms with Crippen molar-refractivity contribution in [1.29, 1.82) is 0 Å². The zero-order valence-corrected chi connectivity index (χ0v) is 10.5. The number of ether oxygens (including phenoxy) is 1. The van der Waals surface area contributed by atoms with Crippen molar-refractivity contribution in [3.05, 3.63) is 0 Å². The first kappa shape index (κ1) is 13.3. The van der Waals surface area contributed by atoms with E-state index < -0.39 is 17.2 Å². The number of hydrogen-bond donors (Lipinski definition) is 2. The Bertz CT molecular complexity index is 271. The van der Waals surface area contributed by atoms with Crippen LogP contribution in [0.15, 0.2) is 0 Å². The van der Waals surface area contributed by atoms with E-state index in [2.05, 4.69) is 0 Å². The van der Waals surface area contributed by atoms with E-state index in [1.165, 1.54) is 0 Å². The number of nitrogens with zero attached hydrogens (tertiary/aromatic N) is 1. The number of aliphatic hydroxyl groups is 1. The summed E-state index contributed by atoms with van der Waals surface area (Å²) in [7, 11) is 0. The van der Waals surface area contributed by atoms with Gasteiger partial charge in [-0.2, -0.15) is 0 Å². The molecule has 1 aliphatic heterocycles. The van der Waals surface area contributed by atoms with Crippen molar-refractivity contribution in [3.63, 3.8) is 0 Å². The lowest BCUT2D eigenvalue weighted by Crippen LogP contribution is -2.62. The number of piperidine rings is 1. The van der Waals surface area contributed by atoms with Crippen LogP contribution in [0.5, 0.6) is 0 Å². The third-order valence-corrected chi connectivity index (χ3v) is 2.62. The van der Waals surface area contributed by atoms with Gasteiger partial charge in [0.2, 0.25) is 0 Å². The van der Waals surface area contributed by atoms with Crippen LogP contribution in [0, 0.1) is 0 Å². The number of nitrogens with two attached hydrogens (primary N) is 1. The smallest absolute Gasteiger partial charge is 0.410 e. The molecule has 16 heavy (non-hydrogen) atoms. The predicted octanol–water partition coefficient (Wildman–Crippen LogP) is 0.706. The minimum Gasteiger partial charge on any atom is -0.444 e. The van der Waals surface area contributed by atoms with Crippen molar-refractivity contribution in [2.24, 2.45) is 5.73 Å². The number of aliphatic hydroxyl groups excluding tert-OH is 1. The molecule has 1 amide bonds. The van der Waals surface area contributed by atoms with E-state index in [-0.39, 0.29) is 6.09 Å². The molecule has 1 saturated heterocycles. The number of rotatable bonds is 0. The zero-order valence-electron chi connectivity index (χ0n) is 10.5. The molecule has 0 aromatic carbocycles. The quantitative estimate of drug-likeness (QED) is 0.642. The van der Waals surface area contributed by atoms with E-state index in [1.54, 1.807) is 11.8 Å². The van der Waals surface area contributed by atoms with Crippen LogP contribution in [0.2, 0.25) is 0 Å². The van der Waals surface area contributed by atoms with Gasteiger partial charge in [-0.25, -0.2) is 4.79 Å². The van der Waals surface area contributed by atoms with Gasteiger partial charge in [0, 0.05) is 13.1 Å². The lowest BCUT2D eigenvalue weighted by Gasteiger charge is -2.41. The summed E-state index contributed by atoms with van der Waals surface area (Å²) in [5, 5.41) is 9.67. The Morgan fingerprint density at radius 2 is 2.12 bits per heavy atom. The summed E-state index contributed by atoms with van der Waals surface area (Å²) >= 11 is 0. The van der Waals surface area contributed by atoms with Crippen molar-refractivity contribution in [3.8, 4) is 0 Å². The molecule has 1 heterocycles. The molecule has 2 unspecified atom stereocenters. The standard InChI is InChI=1S/C11H22N2O3/c1-10(2,3)16-9(15)13-6-5-8(14)11(4,12)7-13/h8,14H,5-7,12H2,1-4H3. The molecular formula is C11H22N2O3. The van der Waals surface area contributed by atoms with Gasteiger partial charge in [0.25, 0.3) is 0 Å². The van der Waals surface area contributed by atoms with Gasteiger partial charge in [0.15, 0.2) is 0 Å². The van der Waals surface area contributed by atoms with Crippen molar-refractivity contribution in [1.82, 2.24) is 4.90 Å². The maximum absolute atomic E-state index is 11.8. The van der Waals surface area contributed by atoms with Gasteiger partial charge in [0.05, 0.1) is 11.6 Å². The van der Waals surface area contributed by atoms with Crippen LogP contribution in [0.25, 0.3) is 0 Å². The molecule has 1 aliphatic rings. The van der Waals surface area contributed by atoms with Crippen LogP contribution >= 0.6 is 0 Å². The molecule has 1 rings (SSSR count). The second-order valence-electron chi connectivity index (χ2n) is 5.71. The molecule has 5 nitrogen and oxygen atoms in total. The number of likely N-dealkylation sites (tertiary alicyclic amines) is 1. The topological polar surface area (TPSA) is 75.8 Å². The minimum absolute atomic E-state index is 0.322. The van der Waals surface area contributed by atoms with Gasteiger partial charge in [-0.15, -0.1) is 0 Å². The van der Waals surface area contributed by atoms with Crippen molar-refractivity contribution in [2.45, 2.75) is 51.4 Å². The molecule has 0 bridgehead atoms. The van der Waals surface area contributed by atoms with Crippen LogP contribution in [0.1, 0.15) is 34.1 Å². The average Bonchev–Trinajstić information content (AvgIpc) is 2.06. The molecule has 0 aliphatic carbocycles. The van der Waals surface area contributed by atoms with Crippen LogP contribution in [0.4, 0.5) is 4.79 Å². The number of amides is 1. The highest BCUT2D eigenvalue weighted by Crippen LogP contribution is 2.20. The van der Waals surface area contributed by atoms with Crippen LogP contribution in [0.3, 0.4) is 0 Å². The third-order valence-electron chi connectivity index (χ3n) is 2.62. The van der Waals surface area contributed by atoms with Gasteiger partial charge in [-0.1, -0.05) is 0 Å². The van der Waals surface area contributed by atoms with Gasteiger partial charge < -0.3 is 20.5 Å². The summed E-state index contributed by atoms with van der Waals surface area (Å²) in [5.74, 6) is 0. The number of carbonyl (C=O) groups is 1. The Hall–Kier alpha value is -0.810. The van der Waals surface area contributed by atoms with Gasteiger partial charge >= 0.3 is 6.09 Å². The fraction of sp³-hybridized carbons (Fsp3) is 0.909. The molecule has 0 spiro atoms. The monoisotopic (exact) mass is 230 g/mol. The van der Waals surface area contributed by atoms with E-state index in [9.17, 15) is 9.90 Å². The fourth-order valence-electron chi connectivity index (χ4n) is 1.69. The largest absolute Gasteiger partial charge is 0.444 e. The van der Waals surface area contributed by atoms with Crippen molar-refractivity contribution < 1.29 is 14.6 Å². The molecule has 0 saturated carbocycles. The number of hydrogen-bond acceptors (Lipinski definition) is 4. The van der Waals surface area contributed by atoms with Crippen molar-refractivity contribution >= 4 is 6.09 Å². The molecule has 2 atom stereocenters. The summed E-state index contributed by atoms with van der Waals surface area (Å²) < 4.78 is 5.26. The third kappa shape index (κ3) is 3.35. The SMILES string of the molecule is CC(C)(C)OC(=O)N1CCC(O)C(C)(N)C1. The summed E-state index contributed by atoms with van der Waals surface area (Å²) in [4.78, 5) is 13.3. The Morgan fingerprint density at radius 1 is 1.56 bits per heavy atom. The summed E-state index contributed by atoms with van der Waals surface area (Å²) in [6, 6.07) is 0. The first-order valence-corrected chi connectivity index (χ1v) is 5.57. The Morgan fingerprint density at radius 3 is 2.56 bits per heavy atom. The summed E-state index contributed by atoms with van der Waals surface area (Å²) in [6.45, 7) is 8.03. The molecule has 3 N–H and O–H groups in total. The highest BCUT2D eigenvalue weighted by atomic mass is 16.6. The van der Waals surface area contributed by atoms with E-state index >= 15 is 0 Å². The highest BCUT2D eigenvalue weighted by Gasteiger charge is 2.38. The van der Waals surface area contributed by atoms with Crippen LogP contribution in [-0.4, -0.2) is 46.4 Å². The second-order valence-corrected chi connectivity index (χ2v) is 5.71. The fourth-order valence-corrected chi connectivity index (χ4v) is 1.69. The first-order valence-electron chi connectivity index (χ1n) is 5.57. The Kier molecular flexibility index (Phi) is 3.50. The molecule has 1 fully saturated rings. The van der Waals surface area contributed by atoms with Gasteiger partial charge in [-0.05, 0) is 34.1 Å². The first-order chi connectivity index (χ1) is 7.12. The zero-order chi connectivity index (χ0) is 12.6. The molecule has 0 aromatic heterocycles. The van der Waals surface area contributed by atoms with E-state index in [4.69, 9.17) is 10.5 Å².